The quantitative estimate of drug-likeness (QED) is 0.628. The third-order valence-electron chi connectivity index (χ3n) is 2.79. The summed E-state index contributed by atoms with van der Waals surface area (Å²) in [7, 11) is 1.66. The number of H-pyrrole nitrogens is 2. The molecule has 0 unspecified atom stereocenters. The van der Waals surface area contributed by atoms with E-state index in [1.54, 1.807) is 7.11 Å². The van der Waals surface area contributed by atoms with E-state index >= 15 is 0 Å². The summed E-state index contributed by atoms with van der Waals surface area (Å²) in [5.41, 5.74) is 8.50. The Balaban J connectivity index is 2.25. The molecule has 0 bridgehead atoms. The molecule has 3 aromatic rings. The number of anilines is 1. The van der Waals surface area contributed by atoms with Crippen molar-refractivity contribution in [3.05, 3.63) is 30.5 Å². The van der Waals surface area contributed by atoms with Crippen LogP contribution in [0.1, 0.15) is 0 Å². The molecule has 0 atom stereocenters. The molecule has 0 amide bonds. The summed E-state index contributed by atoms with van der Waals surface area (Å²) in [4.78, 5) is 3.20. The molecular weight excluding hydrogens is 216 g/mol. The van der Waals surface area contributed by atoms with Crippen LogP contribution in [-0.4, -0.2) is 22.3 Å². The maximum absolute atomic E-state index is 5.61. The van der Waals surface area contributed by atoms with Crippen LogP contribution >= 0.6 is 0 Å². The van der Waals surface area contributed by atoms with Crippen LogP contribution in [0.15, 0.2) is 30.5 Å². The smallest absolute Gasteiger partial charge is 0.145 e. The number of nitrogen functional groups attached to an aromatic ring is 1. The number of para-hydroxylation sites is 1. The van der Waals surface area contributed by atoms with Crippen molar-refractivity contribution in [2.24, 2.45) is 0 Å². The maximum Gasteiger partial charge on any atom is 0.145 e. The highest BCUT2D eigenvalue weighted by Gasteiger charge is 2.10. The highest BCUT2D eigenvalue weighted by molar-refractivity contribution is 5.97. The summed E-state index contributed by atoms with van der Waals surface area (Å²) in [6.07, 6.45) is 1.92. The number of nitrogens with two attached hydrogens (primary N) is 1. The van der Waals surface area contributed by atoms with Gasteiger partial charge >= 0.3 is 0 Å². The lowest BCUT2D eigenvalue weighted by atomic mass is 10.1. The minimum absolute atomic E-state index is 0.484. The van der Waals surface area contributed by atoms with Gasteiger partial charge in [0.1, 0.15) is 11.6 Å². The van der Waals surface area contributed by atoms with Gasteiger partial charge in [-0.1, -0.05) is 12.1 Å². The Labute approximate surface area is 97.6 Å². The molecule has 0 saturated heterocycles. The van der Waals surface area contributed by atoms with E-state index in [0.29, 0.717) is 5.82 Å². The third-order valence-corrected chi connectivity index (χ3v) is 2.79. The number of aromatic amines is 2. The van der Waals surface area contributed by atoms with Crippen LogP contribution in [0.5, 0.6) is 5.75 Å². The molecule has 4 N–H and O–H groups in total. The van der Waals surface area contributed by atoms with Crippen molar-refractivity contribution < 1.29 is 4.74 Å². The van der Waals surface area contributed by atoms with Crippen LogP contribution in [0.25, 0.3) is 22.2 Å². The molecule has 86 valence electrons. The Morgan fingerprint density at radius 3 is 2.94 bits per heavy atom. The molecule has 1 aromatic carbocycles. The molecule has 5 heteroatoms. The van der Waals surface area contributed by atoms with Crippen LogP contribution in [0.3, 0.4) is 0 Å². The van der Waals surface area contributed by atoms with E-state index in [0.717, 1.165) is 27.9 Å². The number of benzene rings is 1. The minimum atomic E-state index is 0.484. The van der Waals surface area contributed by atoms with Crippen molar-refractivity contribution in [2.75, 3.05) is 12.8 Å². The lowest BCUT2D eigenvalue weighted by Gasteiger charge is -2.01. The Morgan fingerprint density at radius 2 is 2.24 bits per heavy atom. The third kappa shape index (κ3) is 1.44. The van der Waals surface area contributed by atoms with E-state index in [1.807, 2.05) is 30.5 Å². The predicted octanol–water partition coefficient (Wildman–Crippen LogP) is 2.15. The average molecular weight is 228 g/mol. The first-order valence-corrected chi connectivity index (χ1v) is 5.25. The number of hydrogen-bond acceptors (Lipinski definition) is 3. The fourth-order valence-corrected chi connectivity index (χ4v) is 1.99. The molecule has 0 aliphatic carbocycles. The zero-order valence-corrected chi connectivity index (χ0v) is 9.32. The van der Waals surface area contributed by atoms with Crippen molar-refractivity contribution in [3.63, 3.8) is 0 Å². The van der Waals surface area contributed by atoms with E-state index < -0.39 is 0 Å². The second kappa shape index (κ2) is 3.55. The molecular formula is C12H12N4O. The summed E-state index contributed by atoms with van der Waals surface area (Å²) in [6, 6.07) is 7.71. The zero-order valence-electron chi connectivity index (χ0n) is 9.32. The molecule has 2 heterocycles. The number of ether oxygens (including phenoxy) is 1. The van der Waals surface area contributed by atoms with Crippen LogP contribution in [-0.2, 0) is 0 Å². The van der Waals surface area contributed by atoms with Crippen molar-refractivity contribution in [3.8, 4) is 17.0 Å². The highest BCUT2D eigenvalue weighted by atomic mass is 16.5. The monoisotopic (exact) mass is 228 g/mol. The van der Waals surface area contributed by atoms with E-state index in [4.69, 9.17) is 10.5 Å². The molecule has 0 radical (unpaired) electrons. The first-order valence-electron chi connectivity index (χ1n) is 5.25. The Kier molecular flexibility index (Phi) is 2.04. The van der Waals surface area contributed by atoms with Gasteiger partial charge < -0.3 is 15.5 Å². The van der Waals surface area contributed by atoms with Gasteiger partial charge in [0.25, 0.3) is 0 Å². The number of aromatic nitrogens is 3. The molecule has 0 aliphatic heterocycles. The summed E-state index contributed by atoms with van der Waals surface area (Å²) in [5, 5.41) is 7.91. The van der Waals surface area contributed by atoms with Crippen LogP contribution in [0.2, 0.25) is 0 Å². The van der Waals surface area contributed by atoms with Crippen molar-refractivity contribution in [1.29, 1.82) is 0 Å². The largest absolute Gasteiger partial charge is 0.495 e. The van der Waals surface area contributed by atoms with Crippen molar-refractivity contribution >= 4 is 16.7 Å². The summed E-state index contributed by atoms with van der Waals surface area (Å²) >= 11 is 0. The lowest BCUT2D eigenvalue weighted by Crippen LogP contribution is -1.83. The van der Waals surface area contributed by atoms with Crippen molar-refractivity contribution in [1.82, 2.24) is 15.2 Å². The molecule has 0 spiro atoms. The van der Waals surface area contributed by atoms with Gasteiger partial charge in [-0.25, -0.2) is 0 Å². The molecule has 2 aromatic heterocycles. The molecule has 3 rings (SSSR count). The van der Waals surface area contributed by atoms with Gasteiger partial charge in [-0.2, -0.15) is 5.10 Å². The summed E-state index contributed by atoms with van der Waals surface area (Å²) in [6.45, 7) is 0. The van der Waals surface area contributed by atoms with Gasteiger partial charge in [-0.3, -0.25) is 5.10 Å². The second-order valence-corrected chi connectivity index (χ2v) is 3.79. The lowest BCUT2D eigenvalue weighted by molar-refractivity contribution is 0.419. The van der Waals surface area contributed by atoms with E-state index in [1.165, 1.54) is 0 Å². The standard InChI is InChI=1S/C12H12N4O/c1-17-10-4-2-3-7-8(6-14-12(7)10)9-5-11(13)16-15-9/h2-6,14H,1H3,(H3,13,15,16). The number of nitrogens with zero attached hydrogens (tertiary/aromatic N) is 1. The first-order chi connectivity index (χ1) is 8.29. The second-order valence-electron chi connectivity index (χ2n) is 3.79. The normalized spacial score (nSPS) is 10.9. The van der Waals surface area contributed by atoms with E-state index in [2.05, 4.69) is 15.2 Å². The molecule has 17 heavy (non-hydrogen) atoms. The predicted molar refractivity (Wildman–Crippen MR) is 66.8 cm³/mol. The first kappa shape index (κ1) is 9.77. The number of methoxy groups -OCH3 is 1. The summed E-state index contributed by atoms with van der Waals surface area (Å²) < 4.78 is 5.30. The number of rotatable bonds is 2. The molecule has 0 saturated carbocycles. The topological polar surface area (TPSA) is 79.7 Å². The van der Waals surface area contributed by atoms with Gasteiger partial charge in [0, 0.05) is 23.2 Å². The van der Waals surface area contributed by atoms with Crippen LogP contribution in [0, 0.1) is 0 Å². The van der Waals surface area contributed by atoms with Gasteiger partial charge in [0.2, 0.25) is 0 Å². The van der Waals surface area contributed by atoms with E-state index in [-0.39, 0.29) is 0 Å². The fourth-order valence-electron chi connectivity index (χ4n) is 1.99. The SMILES string of the molecule is COc1cccc2c(-c3cc(N)n[nH]3)c[nH]c12. The van der Waals surface area contributed by atoms with Crippen LogP contribution in [0.4, 0.5) is 5.82 Å². The Hall–Kier alpha value is -2.43. The van der Waals surface area contributed by atoms with Gasteiger partial charge in [0.15, 0.2) is 0 Å². The Bertz CT molecular complexity index is 668. The molecule has 5 nitrogen and oxygen atoms in total. The zero-order chi connectivity index (χ0) is 11.8. The minimum Gasteiger partial charge on any atom is -0.495 e. The number of nitrogens with one attached hydrogen (secondary N) is 2. The van der Waals surface area contributed by atoms with Crippen LogP contribution < -0.4 is 10.5 Å². The van der Waals surface area contributed by atoms with Gasteiger partial charge in [-0.05, 0) is 6.07 Å². The molecule has 0 fully saturated rings. The number of fused-ring (bicyclic) bond motifs is 1. The fraction of sp³-hybridized carbons (Fsp3) is 0.0833. The van der Waals surface area contributed by atoms with Gasteiger partial charge in [0.05, 0.1) is 18.3 Å². The molecule has 0 aliphatic rings. The van der Waals surface area contributed by atoms with Crippen molar-refractivity contribution in [2.45, 2.75) is 0 Å². The Morgan fingerprint density at radius 1 is 1.35 bits per heavy atom. The van der Waals surface area contributed by atoms with E-state index in [9.17, 15) is 0 Å². The average Bonchev–Trinajstić information content (AvgIpc) is 2.94. The maximum atomic E-state index is 5.61. The summed E-state index contributed by atoms with van der Waals surface area (Å²) in [5.74, 6) is 1.30. The highest BCUT2D eigenvalue weighted by Crippen LogP contribution is 2.32. The van der Waals surface area contributed by atoms with Gasteiger partial charge in [-0.15, -0.1) is 0 Å². The number of hydrogen-bond donors (Lipinski definition) is 3.